The van der Waals surface area contributed by atoms with Gasteiger partial charge in [-0.25, -0.2) is 0 Å². The maximum atomic E-state index is 11.4. The normalized spacial score (nSPS) is 16.0. The van der Waals surface area contributed by atoms with Gasteiger partial charge in [0.15, 0.2) is 0 Å². The molecule has 2 aromatic carbocycles. The molecular formula is C18H18ClNO3. The number of carbonyl (C=O) groups excluding carboxylic acids is 2. The number of alkyl halides is 1. The van der Waals surface area contributed by atoms with Gasteiger partial charge in [0.05, 0.1) is 0 Å². The molecule has 1 heterocycles. The maximum Gasteiger partial charge on any atom is 0.308 e. The molecule has 1 aliphatic rings. The molecule has 0 aliphatic carbocycles. The Morgan fingerprint density at radius 1 is 1.26 bits per heavy atom. The molecule has 0 saturated heterocycles. The van der Waals surface area contributed by atoms with Crippen LogP contribution in [0.3, 0.4) is 0 Å². The molecule has 1 atom stereocenters. The third-order valence-corrected chi connectivity index (χ3v) is 4.42. The molecule has 0 fully saturated rings. The Labute approximate surface area is 139 Å². The summed E-state index contributed by atoms with van der Waals surface area (Å²) in [5, 5.41) is 5.18. The average Bonchev–Trinajstić information content (AvgIpc) is 2.89. The van der Waals surface area contributed by atoms with E-state index in [2.05, 4.69) is 5.32 Å². The van der Waals surface area contributed by atoms with E-state index in [0.717, 1.165) is 34.1 Å². The standard InChI is InChI=1S/C18H18ClNO3/c1-10(21)5-12-3-4-14-15(6-12)18-13(8-19)9-20-16(18)7-17(14)23-11(2)22/h3-4,6-7,13,20H,5,8-9H2,1-2H3/t13-/m0/s1. The molecule has 0 radical (unpaired) electrons. The van der Waals surface area contributed by atoms with E-state index in [1.165, 1.54) is 6.92 Å². The fourth-order valence-electron chi connectivity index (χ4n) is 3.15. The Kier molecular flexibility index (Phi) is 4.26. The summed E-state index contributed by atoms with van der Waals surface area (Å²) in [6.07, 6.45) is 0.390. The van der Waals surface area contributed by atoms with E-state index in [0.29, 0.717) is 18.1 Å². The van der Waals surface area contributed by atoms with E-state index in [1.807, 2.05) is 24.3 Å². The fraction of sp³-hybridized carbons (Fsp3) is 0.333. The van der Waals surface area contributed by atoms with Crippen LogP contribution in [-0.4, -0.2) is 24.2 Å². The van der Waals surface area contributed by atoms with Gasteiger partial charge in [0, 0.05) is 48.8 Å². The van der Waals surface area contributed by atoms with Crippen molar-refractivity contribution in [2.45, 2.75) is 26.2 Å². The Hall–Kier alpha value is -2.07. The van der Waals surface area contributed by atoms with Crippen LogP contribution in [0.1, 0.15) is 30.9 Å². The van der Waals surface area contributed by atoms with Crippen LogP contribution in [-0.2, 0) is 16.0 Å². The number of anilines is 1. The summed E-state index contributed by atoms with van der Waals surface area (Å²) < 4.78 is 5.36. The van der Waals surface area contributed by atoms with Gasteiger partial charge < -0.3 is 10.1 Å². The average molecular weight is 332 g/mol. The van der Waals surface area contributed by atoms with Crippen molar-refractivity contribution in [3.8, 4) is 5.75 Å². The molecule has 3 rings (SSSR count). The number of hydrogen-bond donors (Lipinski definition) is 1. The van der Waals surface area contributed by atoms with Crippen molar-refractivity contribution in [3.05, 3.63) is 35.4 Å². The molecule has 120 valence electrons. The number of esters is 1. The van der Waals surface area contributed by atoms with Gasteiger partial charge in [-0.1, -0.05) is 18.2 Å². The number of Topliss-reactive ketones (excluding diaryl/α,β-unsaturated/α-hetero) is 1. The summed E-state index contributed by atoms with van der Waals surface area (Å²) in [4.78, 5) is 22.8. The van der Waals surface area contributed by atoms with Gasteiger partial charge in [-0.05, 0) is 23.4 Å². The second-order valence-corrected chi connectivity index (χ2v) is 6.23. The largest absolute Gasteiger partial charge is 0.426 e. The second-order valence-electron chi connectivity index (χ2n) is 5.92. The molecule has 0 spiro atoms. The Morgan fingerprint density at radius 2 is 2.04 bits per heavy atom. The summed E-state index contributed by atoms with van der Waals surface area (Å²) in [5.41, 5.74) is 3.03. The number of carbonyl (C=O) groups is 2. The number of ether oxygens (including phenoxy) is 1. The molecule has 1 N–H and O–H groups in total. The number of halogens is 1. The van der Waals surface area contributed by atoms with Gasteiger partial charge in [0.25, 0.3) is 0 Å². The minimum Gasteiger partial charge on any atom is -0.426 e. The number of ketones is 1. The van der Waals surface area contributed by atoms with E-state index in [9.17, 15) is 9.59 Å². The van der Waals surface area contributed by atoms with Gasteiger partial charge >= 0.3 is 5.97 Å². The molecule has 0 bridgehead atoms. The molecule has 0 unspecified atom stereocenters. The van der Waals surface area contributed by atoms with E-state index in [4.69, 9.17) is 16.3 Å². The van der Waals surface area contributed by atoms with E-state index >= 15 is 0 Å². The smallest absolute Gasteiger partial charge is 0.308 e. The lowest BCUT2D eigenvalue weighted by atomic mass is 9.93. The van der Waals surface area contributed by atoms with Crippen molar-refractivity contribution in [2.24, 2.45) is 0 Å². The first kappa shape index (κ1) is 15.8. The minimum absolute atomic E-state index is 0.115. The molecule has 5 heteroatoms. The molecule has 23 heavy (non-hydrogen) atoms. The van der Waals surface area contributed by atoms with Crippen LogP contribution in [0.4, 0.5) is 5.69 Å². The lowest BCUT2D eigenvalue weighted by Crippen LogP contribution is -2.04. The highest BCUT2D eigenvalue weighted by Crippen LogP contribution is 2.43. The van der Waals surface area contributed by atoms with Crippen molar-refractivity contribution >= 4 is 39.8 Å². The molecule has 0 saturated carbocycles. The quantitative estimate of drug-likeness (QED) is 0.528. The maximum absolute atomic E-state index is 11.4. The number of fused-ring (bicyclic) bond motifs is 3. The molecule has 1 aliphatic heterocycles. The summed E-state index contributed by atoms with van der Waals surface area (Å²) in [6, 6.07) is 7.68. The van der Waals surface area contributed by atoms with Crippen molar-refractivity contribution in [2.75, 3.05) is 17.7 Å². The Morgan fingerprint density at radius 3 is 2.70 bits per heavy atom. The molecular weight excluding hydrogens is 314 g/mol. The SMILES string of the molecule is CC(=O)Cc1ccc2c(OC(C)=O)cc3c(c2c1)[C@@H](CCl)CN3. The van der Waals surface area contributed by atoms with Crippen LogP contribution < -0.4 is 10.1 Å². The highest BCUT2D eigenvalue weighted by molar-refractivity contribution is 6.18. The van der Waals surface area contributed by atoms with E-state index in [1.54, 1.807) is 6.92 Å². The van der Waals surface area contributed by atoms with Crippen LogP contribution in [0.15, 0.2) is 24.3 Å². The second kappa shape index (κ2) is 6.20. The molecule has 2 aromatic rings. The van der Waals surface area contributed by atoms with Gasteiger partial charge in [0.2, 0.25) is 0 Å². The molecule has 0 amide bonds. The van der Waals surface area contributed by atoms with Crippen molar-refractivity contribution in [3.63, 3.8) is 0 Å². The number of rotatable bonds is 4. The molecule has 4 nitrogen and oxygen atoms in total. The van der Waals surface area contributed by atoms with Crippen molar-refractivity contribution in [1.29, 1.82) is 0 Å². The summed E-state index contributed by atoms with van der Waals surface area (Å²) >= 11 is 6.10. The first-order valence-corrected chi connectivity index (χ1v) is 8.10. The van der Waals surface area contributed by atoms with Crippen molar-refractivity contribution < 1.29 is 14.3 Å². The Balaban J connectivity index is 2.23. The van der Waals surface area contributed by atoms with Crippen LogP contribution in [0.5, 0.6) is 5.75 Å². The predicted molar refractivity (Wildman–Crippen MR) is 91.6 cm³/mol. The van der Waals surface area contributed by atoms with Gasteiger partial charge in [-0.3, -0.25) is 9.59 Å². The summed E-state index contributed by atoms with van der Waals surface area (Å²) in [6.45, 7) is 3.72. The van der Waals surface area contributed by atoms with Crippen LogP contribution in [0.25, 0.3) is 10.8 Å². The highest BCUT2D eigenvalue weighted by atomic mass is 35.5. The zero-order chi connectivity index (χ0) is 16.6. The topological polar surface area (TPSA) is 55.4 Å². The number of benzene rings is 2. The van der Waals surface area contributed by atoms with Crippen LogP contribution in [0, 0.1) is 0 Å². The first-order valence-electron chi connectivity index (χ1n) is 7.56. The Bertz CT molecular complexity index is 800. The van der Waals surface area contributed by atoms with Gasteiger partial charge in [-0.2, -0.15) is 0 Å². The minimum atomic E-state index is -0.356. The zero-order valence-corrected chi connectivity index (χ0v) is 13.9. The van der Waals surface area contributed by atoms with E-state index in [-0.39, 0.29) is 17.7 Å². The lowest BCUT2D eigenvalue weighted by molar-refractivity contribution is -0.131. The molecule has 0 aromatic heterocycles. The number of nitrogens with one attached hydrogen (secondary N) is 1. The number of hydrogen-bond acceptors (Lipinski definition) is 4. The van der Waals surface area contributed by atoms with Gasteiger partial charge in [0.1, 0.15) is 11.5 Å². The zero-order valence-electron chi connectivity index (χ0n) is 13.1. The van der Waals surface area contributed by atoms with Crippen LogP contribution in [0.2, 0.25) is 0 Å². The van der Waals surface area contributed by atoms with E-state index < -0.39 is 0 Å². The van der Waals surface area contributed by atoms with Gasteiger partial charge in [-0.15, -0.1) is 11.6 Å². The predicted octanol–water partition coefficient (Wildman–Crippen LogP) is 3.64. The highest BCUT2D eigenvalue weighted by Gasteiger charge is 2.26. The summed E-state index contributed by atoms with van der Waals surface area (Å²) in [7, 11) is 0. The van der Waals surface area contributed by atoms with Crippen LogP contribution >= 0.6 is 11.6 Å². The monoisotopic (exact) mass is 331 g/mol. The van der Waals surface area contributed by atoms with Crippen molar-refractivity contribution in [1.82, 2.24) is 0 Å². The summed E-state index contributed by atoms with van der Waals surface area (Å²) in [5.74, 6) is 1.01. The lowest BCUT2D eigenvalue weighted by Gasteiger charge is -2.14. The first-order chi connectivity index (χ1) is 11.0. The fourth-order valence-corrected chi connectivity index (χ4v) is 3.41. The third-order valence-electron chi connectivity index (χ3n) is 4.05. The third kappa shape index (κ3) is 3.04.